The lowest BCUT2D eigenvalue weighted by Crippen LogP contribution is -2.41. The van der Waals surface area contributed by atoms with Crippen molar-refractivity contribution >= 4 is 9.84 Å². The first-order chi connectivity index (χ1) is 9.49. The summed E-state index contributed by atoms with van der Waals surface area (Å²) in [6, 6.07) is 0.519. The van der Waals surface area contributed by atoms with Crippen molar-refractivity contribution in [2.45, 2.75) is 82.9 Å². The Balaban J connectivity index is 2.58. The van der Waals surface area contributed by atoms with E-state index in [-0.39, 0.29) is 5.25 Å². The van der Waals surface area contributed by atoms with Gasteiger partial charge in [-0.2, -0.15) is 0 Å². The molecule has 1 fully saturated rings. The van der Waals surface area contributed by atoms with Crippen LogP contribution >= 0.6 is 0 Å². The summed E-state index contributed by atoms with van der Waals surface area (Å²) < 4.78 is 23.6. The maximum atomic E-state index is 11.8. The highest BCUT2D eigenvalue weighted by molar-refractivity contribution is 7.91. The zero-order chi connectivity index (χ0) is 15.0. The van der Waals surface area contributed by atoms with Gasteiger partial charge in [0.1, 0.15) is 9.84 Å². The van der Waals surface area contributed by atoms with E-state index in [4.69, 9.17) is 0 Å². The molecule has 0 radical (unpaired) electrons. The summed E-state index contributed by atoms with van der Waals surface area (Å²) in [5.74, 6) is 0.548. The molecule has 1 N–H and O–H groups in total. The molecule has 0 saturated heterocycles. The van der Waals surface area contributed by atoms with Gasteiger partial charge in [-0.25, -0.2) is 8.42 Å². The van der Waals surface area contributed by atoms with Crippen molar-refractivity contribution in [1.82, 2.24) is 5.32 Å². The van der Waals surface area contributed by atoms with E-state index < -0.39 is 9.84 Å². The number of unbranched alkanes of at least 4 members (excludes halogenated alkanes) is 2. The molecule has 0 bridgehead atoms. The van der Waals surface area contributed by atoms with E-state index >= 15 is 0 Å². The first kappa shape index (κ1) is 18.0. The van der Waals surface area contributed by atoms with E-state index in [1.807, 2.05) is 0 Å². The molecule has 0 aliphatic heterocycles. The Morgan fingerprint density at radius 2 is 1.90 bits per heavy atom. The molecule has 0 amide bonds. The first-order valence-corrected chi connectivity index (χ1v) is 10.4. The van der Waals surface area contributed by atoms with E-state index in [1.165, 1.54) is 38.4 Å². The third-order valence-corrected chi connectivity index (χ3v) is 6.26. The van der Waals surface area contributed by atoms with Crippen molar-refractivity contribution in [2.24, 2.45) is 5.92 Å². The largest absolute Gasteiger partial charge is 0.314 e. The second kappa shape index (κ2) is 9.04. The van der Waals surface area contributed by atoms with Crippen molar-refractivity contribution in [3.63, 3.8) is 0 Å². The van der Waals surface area contributed by atoms with Crippen LogP contribution in [0.2, 0.25) is 0 Å². The Bertz CT molecular complexity index is 353. The number of hydrogen-bond donors (Lipinski definition) is 1. The van der Waals surface area contributed by atoms with Crippen molar-refractivity contribution in [3.8, 4) is 0 Å². The number of rotatable bonds is 9. The Hall–Kier alpha value is -0.0900. The summed E-state index contributed by atoms with van der Waals surface area (Å²) in [6.07, 6.45) is 11.5. The first-order valence-electron chi connectivity index (χ1n) is 8.41. The van der Waals surface area contributed by atoms with Gasteiger partial charge in [0.25, 0.3) is 0 Å². The van der Waals surface area contributed by atoms with Crippen LogP contribution in [0.4, 0.5) is 0 Å². The zero-order valence-electron chi connectivity index (χ0n) is 13.5. The Labute approximate surface area is 125 Å². The fourth-order valence-corrected chi connectivity index (χ4v) is 4.58. The lowest BCUT2D eigenvalue weighted by Gasteiger charge is -2.34. The van der Waals surface area contributed by atoms with Gasteiger partial charge in [-0.3, -0.25) is 0 Å². The highest BCUT2D eigenvalue weighted by Crippen LogP contribution is 2.32. The lowest BCUT2D eigenvalue weighted by atomic mass is 9.81. The molecule has 0 aromatic heterocycles. The molecular weight excluding hydrogens is 270 g/mol. The van der Waals surface area contributed by atoms with Crippen LogP contribution in [0.1, 0.15) is 71.6 Å². The van der Waals surface area contributed by atoms with Gasteiger partial charge in [0.2, 0.25) is 0 Å². The summed E-state index contributed by atoms with van der Waals surface area (Å²) in [6.45, 7) is 5.47. The van der Waals surface area contributed by atoms with Crippen molar-refractivity contribution in [3.05, 3.63) is 0 Å². The molecule has 0 heterocycles. The fourth-order valence-electron chi connectivity index (χ4n) is 3.38. The maximum absolute atomic E-state index is 11.8. The third kappa shape index (κ3) is 6.13. The van der Waals surface area contributed by atoms with E-state index in [9.17, 15) is 8.42 Å². The summed E-state index contributed by atoms with van der Waals surface area (Å²) in [4.78, 5) is 0. The van der Waals surface area contributed by atoms with Crippen LogP contribution in [-0.2, 0) is 9.84 Å². The highest BCUT2D eigenvalue weighted by atomic mass is 32.2. The van der Waals surface area contributed by atoms with Gasteiger partial charge < -0.3 is 5.32 Å². The average molecular weight is 304 g/mol. The molecule has 3 atom stereocenters. The average Bonchev–Trinajstić information content (AvgIpc) is 2.42. The number of hydrogen-bond acceptors (Lipinski definition) is 3. The van der Waals surface area contributed by atoms with Crippen LogP contribution in [0.3, 0.4) is 0 Å². The number of nitrogens with one attached hydrogen (secondary N) is 1. The zero-order valence-corrected chi connectivity index (χ0v) is 14.3. The molecule has 0 aromatic rings. The molecule has 1 rings (SSSR count). The molecule has 1 saturated carbocycles. The molecule has 4 heteroatoms. The van der Waals surface area contributed by atoms with Crippen LogP contribution in [0, 0.1) is 5.92 Å². The molecule has 0 spiro atoms. The quantitative estimate of drug-likeness (QED) is 0.663. The Kier molecular flexibility index (Phi) is 8.11. The minimum Gasteiger partial charge on any atom is -0.314 e. The lowest BCUT2D eigenvalue weighted by molar-refractivity contribution is 0.255. The summed E-state index contributed by atoms with van der Waals surface area (Å²) in [5.41, 5.74) is 0. The van der Waals surface area contributed by atoms with Gasteiger partial charge in [-0.05, 0) is 44.6 Å². The highest BCUT2D eigenvalue weighted by Gasteiger charge is 2.32. The van der Waals surface area contributed by atoms with Gasteiger partial charge in [-0.1, -0.05) is 39.5 Å². The van der Waals surface area contributed by atoms with Crippen molar-refractivity contribution < 1.29 is 8.42 Å². The van der Waals surface area contributed by atoms with Gasteiger partial charge >= 0.3 is 0 Å². The molecule has 20 heavy (non-hydrogen) atoms. The van der Waals surface area contributed by atoms with Crippen LogP contribution in [0.25, 0.3) is 0 Å². The van der Waals surface area contributed by atoms with E-state index in [1.54, 1.807) is 0 Å². The molecule has 120 valence electrons. The predicted molar refractivity (Wildman–Crippen MR) is 86.8 cm³/mol. The minimum atomic E-state index is -2.87. The summed E-state index contributed by atoms with van der Waals surface area (Å²) in [5, 5.41) is 3.58. The topological polar surface area (TPSA) is 46.2 Å². The molecular formula is C16H33NO2S. The van der Waals surface area contributed by atoms with Crippen LogP contribution in [0.15, 0.2) is 0 Å². The van der Waals surface area contributed by atoms with Crippen LogP contribution in [-0.4, -0.2) is 32.5 Å². The van der Waals surface area contributed by atoms with Crippen LogP contribution in [0.5, 0.6) is 0 Å². The van der Waals surface area contributed by atoms with Gasteiger partial charge in [-0.15, -0.1) is 0 Å². The molecule has 3 unspecified atom stereocenters. The predicted octanol–water partition coefficient (Wildman–Crippen LogP) is 3.54. The summed E-state index contributed by atoms with van der Waals surface area (Å²) >= 11 is 0. The van der Waals surface area contributed by atoms with Gasteiger partial charge in [0, 0.05) is 12.3 Å². The smallest absolute Gasteiger partial charge is 0.150 e. The van der Waals surface area contributed by atoms with E-state index in [2.05, 4.69) is 19.2 Å². The van der Waals surface area contributed by atoms with Gasteiger partial charge in [0.05, 0.1) is 5.25 Å². The molecule has 1 aliphatic rings. The normalized spacial score (nSPS) is 25.6. The van der Waals surface area contributed by atoms with E-state index in [0.717, 1.165) is 32.2 Å². The minimum absolute atomic E-state index is 0.0987. The molecule has 3 nitrogen and oxygen atoms in total. The standard InChI is InChI=1S/C16H33NO2S/c1-4-6-7-11-16(17-12-5-2)14-9-8-10-15(13-14)20(3,18)19/h14-17H,4-13H2,1-3H3. The van der Waals surface area contributed by atoms with Crippen molar-refractivity contribution in [1.29, 1.82) is 0 Å². The van der Waals surface area contributed by atoms with Crippen LogP contribution < -0.4 is 5.32 Å². The Morgan fingerprint density at radius 1 is 1.15 bits per heavy atom. The monoisotopic (exact) mass is 303 g/mol. The SMILES string of the molecule is CCCCCC(NCCC)C1CCCC(S(C)(=O)=O)C1. The molecule has 0 aromatic carbocycles. The Morgan fingerprint density at radius 3 is 2.50 bits per heavy atom. The third-order valence-electron chi connectivity index (χ3n) is 4.62. The number of sulfone groups is 1. The molecule has 1 aliphatic carbocycles. The van der Waals surface area contributed by atoms with E-state index in [0.29, 0.717) is 12.0 Å². The summed E-state index contributed by atoms with van der Waals surface area (Å²) in [7, 11) is -2.87. The van der Waals surface area contributed by atoms with Gasteiger partial charge in [0.15, 0.2) is 0 Å². The maximum Gasteiger partial charge on any atom is 0.150 e. The second-order valence-electron chi connectivity index (χ2n) is 6.43. The second-order valence-corrected chi connectivity index (χ2v) is 8.76. The van der Waals surface area contributed by atoms with Crippen molar-refractivity contribution in [2.75, 3.05) is 12.8 Å². The fraction of sp³-hybridized carbons (Fsp3) is 1.00.